The van der Waals surface area contributed by atoms with E-state index in [1.54, 1.807) is 7.11 Å². The summed E-state index contributed by atoms with van der Waals surface area (Å²) in [6.07, 6.45) is 4.21. The van der Waals surface area contributed by atoms with Crippen LogP contribution in [-0.4, -0.2) is 18.8 Å². The van der Waals surface area contributed by atoms with Crippen LogP contribution in [0.2, 0.25) is 0 Å². The molecule has 0 bridgehead atoms. The minimum atomic E-state index is -0.325. The molecule has 0 heterocycles. The highest BCUT2D eigenvalue weighted by atomic mass is 16.5. The van der Waals surface area contributed by atoms with Gasteiger partial charge in [0, 0.05) is 7.11 Å². The normalized spacial score (nSPS) is 23.5. The molecule has 1 fully saturated rings. The Hall–Kier alpha value is -0.860. The van der Waals surface area contributed by atoms with Crippen molar-refractivity contribution >= 4 is 0 Å². The number of aliphatic hydroxyl groups is 1. The fourth-order valence-electron chi connectivity index (χ4n) is 3.27. The highest BCUT2D eigenvalue weighted by molar-refractivity contribution is 5.25. The van der Waals surface area contributed by atoms with Gasteiger partial charge in [-0.25, -0.2) is 0 Å². The second-order valence-electron chi connectivity index (χ2n) is 6.42. The summed E-state index contributed by atoms with van der Waals surface area (Å²) in [5.74, 6) is 0.386. The highest BCUT2D eigenvalue weighted by Gasteiger charge is 2.39. The third-order valence-corrected chi connectivity index (χ3v) is 4.64. The fourth-order valence-corrected chi connectivity index (χ4v) is 3.27. The first-order chi connectivity index (χ1) is 9.04. The van der Waals surface area contributed by atoms with Crippen molar-refractivity contribution in [1.29, 1.82) is 0 Å². The van der Waals surface area contributed by atoms with Crippen LogP contribution in [0.4, 0.5) is 0 Å². The minimum absolute atomic E-state index is 0.258. The molecule has 2 unspecified atom stereocenters. The topological polar surface area (TPSA) is 29.5 Å². The zero-order valence-electron chi connectivity index (χ0n) is 12.4. The molecule has 0 radical (unpaired) electrons. The lowest BCUT2D eigenvalue weighted by molar-refractivity contribution is 0.0531. The molecule has 2 nitrogen and oxygen atoms in total. The van der Waals surface area contributed by atoms with E-state index in [1.807, 2.05) is 0 Å². The van der Waals surface area contributed by atoms with Gasteiger partial charge in [0.25, 0.3) is 0 Å². The van der Waals surface area contributed by atoms with E-state index in [4.69, 9.17) is 4.74 Å². The Balaban J connectivity index is 2.05. The SMILES string of the molecule is COCCc1ccc(C(O)C2CCCC2(C)C)cc1. The van der Waals surface area contributed by atoms with Gasteiger partial charge in [-0.2, -0.15) is 0 Å². The van der Waals surface area contributed by atoms with E-state index in [9.17, 15) is 5.11 Å². The van der Waals surface area contributed by atoms with Gasteiger partial charge in [0.2, 0.25) is 0 Å². The van der Waals surface area contributed by atoms with Crippen molar-refractivity contribution in [2.24, 2.45) is 11.3 Å². The number of rotatable bonds is 5. The maximum absolute atomic E-state index is 10.6. The number of hydrogen-bond donors (Lipinski definition) is 1. The van der Waals surface area contributed by atoms with Gasteiger partial charge in [0.1, 0.15) is 0 Å². The standard InChI is InChI=1S/C17H26O2/c1-17(2)11-4-5-15(17)16(18)14-8-6-13(7-9-14)10-12-19-3/h6-9,15-16,18H,4-5,10-12H2,1-3H3. The molecule has 1 N–H and O–H groups in total. The molecule has 2 atom stereocenters. The molecule has 19 heavy (non-hydrogen) atoms. The predicted molar refractivity (Wildman–Crippen MR) is 78.1 cm³/mol. The third kappa shape index (κ3) is 3.37. The molecule has 1 aliphatic carbocycles. The van der Waals surface area contributed by atoms with Crippen LogP contribution in [-0.2, 0) is 11.2 Å². The van der Waals surface area contributed by atoms with E-state index in [-0.39, 0.29) is 11.5 Å². The Kier molecular flexibility index (Phi) is 4.64. The van der Waals surface area contributed by atoms with Gasteiger partial charge in [-0.05, 0) is 41.7 Å². The predicted octanol–water partition coefficient (Wildman–Crippen LogP) is 3.74. The molecule has 0 aliphatic heterocycles. The van der Waals surface area contributed by atoms with Crippen LogP contribution in [0.15, 0.2) is 24.3 Å². The molecular formula is C17H26O2. The van der Waals surface area contributed by atoms with Crippen LogP contribution in [0.1, 0.15) is 50.3 Å². The first kappa shape index (κ1) is 14.5. The molecule has 2 rings (SSSR count). The van der Waals surface area contributed by atoms with E-state index in [1.165, 1.54) is 18.4 Å². The molecule has 106 valence electrons. The van der Waals surface area contributed by atoms with Gasteiger partial charge in [-0.3, -0.25) is 0 Å². The van der Waals surface area contributed by atoms with Gasteiger partial charge in [-0.15, -0.1) is 0 Å². The lowest BCUT2D eigenvalue weighted by Gasteiger charge is -2.31. The Morgan fingerprint density at radius 2 is 2.00 bits per heavy atom. The molecule has 0 spiro atoms. The van der Waals surface area contributed by atoms with Crippen molar-refractivity contribution in [3.8, 4) is 0 Å². The van der Waals surface area contributed by atoms with E-state index in [2.05, 4.69) is 38.1 Å². The number of aliphatic hydroxyl groups excluding tert-OH is 1. The van der Waals surface area contributed by atoms with Crippen molar-refractivity contribution in [3.63, 3.8) is 0 Å². The summed E-state index contributed by atoms with van der Waals surface area (Å²) >= 11 is 0. The minimum Gasteiger partial charge on any atom is -0.388 e. The third-order valence-electron chi connectivity index (χ3n) is 4.64. The molecule has 2 heteroatoms. The summed E-state index contributed by atoms with van der Waals surface area (Å²) in [7, 11) is 1.72. The second-order valence-corrected chi connectivity index (χ2v) is 6.42. The van der Waals surface area contributed by atoms with Crippen LogP contribution in [0, 0.1) is 11.3 Å². The van der Waals surface area contributed by atoms with Crippen molar-refractivity contribution in [3.05, 3.63) is 35.4 Å². The lowest BCUT2D eigenvalue weighted by Crippen LogP contribution is -2.24. The summed E-state index contributed by atoms with van der Waals surface area (Å²) in [6.45, 7) is 5.30. The Labute approximate surface area is 116 Å². The summed E-state index contributed by atoms with van der Waals surface area (Å²) in [4.78, 5) is 0. The maximum Gasteiger partial charge on any atom is 0.0823 e. The molecule has 1 aromatic rings. The van der Waals surface area contributed by atoms with Crippen molar-refractivity contribution < 1.29 is 9.84 Å². The number of methoxy groups -OCH3 is 1. The lowest BCUT2D eigenvalue weighted by atomic mass is 9.77. The quantitative estimate of drug-likeness (QED) is 0.876. The summed E-state index contributed by atoms with van der Waals surface area (Å²) in [6, 6.07) is 8.37. The zero-order chi connectivity index (χ0) is 13.9. The van der Waals surface area contributed by atoms with Gasteiger partial charge in [0.05, 0.1) is 12.7 Å². The summed E-state index contributed by atoms with van der Waals surface area (Å²) in [5, 5.41) is 10.6. The highest BCUT2D eigenvalue weighted by Crippen LogP contribution is 2.48. The second kappa shape index (κ2) is 6.06. The van der Waals surface area contributed by atoms with E-state index in [0.717, 1.165) is 25.0 Å². The first-order valence-electron chi connectivity index (χ1n) is 7.30. The number of ether oxygens (including phenoxy) is 1. The van der Waals surface area contributed by atoms with Gasteiger partial charge in [0.15, 0.2) is 0 Å². The molecule has 0 saturated heterocycles. The first-order valence-corrected chi connectivity index (χ1v) is 7.30. The monoisotopic (exact) mass is 262 g/mol. The van der Waals surface area contributed by atoms with Gasteiger partial charge < -0.3 is 9.84 Å². The maximum atomic E-state index is 10.6. The van der Waals surface area contributed by atoms with E-state index >= 15 is 0 Å². The molecule has 0 amide bonds. The molecular weight excluding hydrogens is 236 g/mol. The number of benzene rings is 1. The Bertz CT molecular complexity index is 394. The molecule has 1 saturated carbocycles. The van der Waals surface area contributed by atoms with Crippen LogP contribution in [0.3, 0.4) is 0 Å². The summed E-state index contributed by atoms with van der Waals surface area (Å²) in [5.41, 5.74) is 2.58. The van der Waals surface area contributed by atoms with Gasteiger partial charge >= 0.3 is 0 Å². The molecule has 0 aromatic heterocycles. The molecule has 1 aromatic carbocycles. The average Bonchev–Trinajstić information content (AvgIpc) is 2.76. The van der Waals surface area contributed by atoms with Crippen LogP contribution >= 0.6 is 0 Å². The number of hydrogen-bond acceptors (Lipinski definition) is 2. The van der Waals surface area contributed by atoms with Crippen molar-refractivity contribution in [2.45, 2.75) is 45.6 Å². The summed E-state index contributed by atoms with van der Waals surface area (Å²) < 4.78 is 5.08. The zero-order valence-corrected chi connectivity index (χ0v) is 12.4. The molecule has 1 aliphatic rings. The van der Waals surface area contributed by atoms with Crippen molar-refractivity contribution in [1.82, 2.24) is 0 Å². The van der Waals surface area contributed by atoms with Crippen LogP contribution < -0.4 is 0 Å². The Morgan fingerprint density at radius 3 is 2.53 bits per heavy atom. The van der Waals surface area contributed by atoms with E-state index < -0.39 is 0 Å². The van der Waals surface area contributed by atoms with Crippen molar-refractivity contribution in [2.75, 3.05) is 13.7 Å². The van der Waals surface area contributed by atoms with Crippen LogP contribution in [0.25, 0.3) is 0 Å². The smallest absolute Gasteiger partial charge is 0.0823 e. The fraction of sp³-hybridized carbons (Fsp3) is 0.647. The largest absolute Gasteiger partial charge is 0.388 e. The Morgan fingerprint density at radius 1 is 1.32 bits per heavy atom. The van der Waals surface area contributed by atoms with Crippen LogP contribution in [0.5, 0.6) is 0 Å². The van der Waals surface area contributed by atoms with Gasteiger partial charge in [-0.1, -0.05) is 44.5 Å². The average molecular weight is 262 g/mol. The van der Waals surface area contributed by atoms with E-state index in [0.29, 0.717) is 5.92 Å².